The lowest BCUT2D eigenvalue weighted by atomic mass is 10.1. The zero-order valence-corrected chi connectivity index (χ0v) is 8.55. The summed E-state index contributed by atoms with van der Waals surface area (Å²) < 4.78 is 0. The predicted molar refractivity (Wildman–Crippen MR) is 55.5 cm³/mol. The van der Waals surface area contributed by atoms with Crippen LogP contribution >= 0.6 is 23.2 Å². The van der Waals surface area contributed by atoms with E-state index in [0.29, 0.717) is 17.9 Å². The highest BCUT2D eigenvalue weighted by molar-refractivity contribution is 6.30. The Kier molecular flexibility index (Phi) is 4.26. The molecule has 0 bridgehead atoms. The van der Waals surface area contributed by atoms with Crippen LogP contribution < -0.4 is 0 Å². The van der Waals surface area contributed by atoms with E-state index in [4.69, 9.17) is 23.2 Å². The Morgan fingerprint density at radius 2 is 1.92 bits per heavy atom. The molecule has 0 amide bonds. The van der Waals surface area contributed by atoms with Crippen molar-refractivity contribution in [3.8, 4) is 0 Å². The summed E-state index contributed by atoms with van der Waals surface area (Å²) in [5, 5.41) is 0.601. The molecule has 1 unspecified atom stereocenters. The Balaban J connectivity index is 2.53. The van der Waals surface area contributed by atoms with E-state index in [0.717, 1.165) is 11.8 Å². The molecule has 0 aliphatic heterocycles. The van der Waals surface area contributed by atoms with Gasteiger partial charge in [-0.3, -0.25) is 0 Å². The maximum Gasteiger partial charge on any atom is 0.121 e. The first-order chi connectivity index (χ1) is 6.22. The minimum absolute atomic E-state index is 0.112. The lowest BCUT2D eigenvalue weighted by molar-refractivity contribution is -0.107. The molecule has 13 heavy (non-hydrogen) atoms. The number of hydrogen-bond acceptors (Lipinski definition) is 1. The van der Waals surface area contributed by atoms with Crippen molar-refractivity contribution < 1.29 is 4.79 Å². The summed E-state index contributed by atoms with van der Waals surface area (Å²) in [5.41, 5.74) is 1.10. The van der Waals surface area contributed by atoms with Gasteiger partial charge in [-0.05, 0) is 24.1 Å². The topological polar surface area (TPSA) is 17.1 Å². The quantitative estimate of drug-likeness (QED) is 0.559. The van der Waals surface area contributed by atoms with Crippen LogP contribution in [0.25, 0.3) is 0 Å². The van der Waals surface area contributed by atoms with Crippen molar-refractivity contribution in [1.29, 1.82) is 0 Å². The number of rotatable bonds is 4. The summed E-state index contributed by atoms with van der Waals surface area (Å²) in [5.74, 6) is 0. The summed E-state index contributed by atoms with van der Waals surface area (Å²) in [6.07, 6.45) is 1.94. The second-order valence-corrected chi connectivity index (χ2v) is 3.88. The molecular weight excluding hydrogens is 207 g/mol. The van der Waals surface area contributed by atoms with Gasteiger partial charge in [0.15, 0.2) is 0 Å². The van der Waals surface area contributed by atoms with Crippen molar-refractivity contribution >= 4 is 29.5 Å². The normalized spacial score (nSPS) is 12.5. The van der Waals surface area contributed by atoms with E-state index in [1.54, 1.807) is 0 Å². The number of hydrogen-bond donors (Lipinski definition) is 0. The van der Waals surface area contributed by atoms with E-state index in [9.17, 15) is 4.79 Å². The van der Waals surface area contributed by atoms with E-state index in [1.807, 2.05) is 24.3 Å². The molecule has 0 heterocycles. The molecule has 1 aromatic carbocycles. The van der Waals surface area contributed by atoms with Crippen molar-refractivity contribution in [1.82, 2.24) is 0 Å². The molecule has 0 aliphatic carbocycles. The molecule has 1 nitrogen and oxygen atoms in total. The third-order valence-electron chi connectivity index (χ3n) is 1.72. The number of aldehydes is 1. The molecule has 1 atom stereocenters. The Bertz CT molecular complexity index is 269. The van der Waals surface area contributed by atoms with E-state index < -0.39 is 0 Å². The van der Waals surface area contributed by atoms with Gasteiger partial charge in [-0.2, -0.15) is 0 Å². The average molecular weight is 217 g/mol. The van der Waals surface area contributed by atoms with E-state index in [2.05, 4.69) is 0 Å². The van der Waals surface area contributed by atoms with Gasteiger partial charge in [-0.1, -0.05) is 23.7 Å². The lowest BCUT2D eigenvalue weighted by Crippen LogP contribution is -2.03. The van der Waals surface area contributed by atoms with Gasteiger partial charge >= 0.3 is 0 Å². The van der Waals surface area contributed by atoms with Crippen LogP contribution in [0, 0.1) is 0 Å². The maximum absolute atomic E-state index is 10.2. The highest BCUT2D eigenvalue weighted by atomic mass is 35.5. The third-order valence-corrected chi connectivity index (χ3v) is 2.31. The van der Waals surface area contributed by atoms with Gasteiger partial charge in [0.1, 0.15) is 6.29 Å². The highest BCUT2D eigenvalue weighted by Crippen LogP contribution is 2.14. The zero-order valence-electron chi connectivity index (χ0n) is 7.04. The number of halogens is 2. The summed E-state index contributed by atoms with van der Waals surface area (Å²) in [4.78, 5) is 10.2. The summed E-state index contributed by atoms with van der Waals surface area (Å²) in [7, 11) is 0. The Morgan fingerprint density at radius 3 is 2.46 bits per heavy atom. The van der Waals surface area contributed by atoms with Crippen LogP contribution in [0.1, 0.15) is 12.0 Å². The Labute approximate surface area is 87.7 Å². The largest absolute Gasteiger partial charge is 0.303 e. The molecule has 0 radical (unpaired) electrons. The van der Waals surface area contributed by atoms with Crippen LogP contribution in [0.3, 0.4) is 0 Å². The van der Waals surface area contributed by atoms with Gasteiger partial charge in [0.05, 0.1) is 0 Å². The minimum Gasteiger partial charge on any atom is -0.303 e. The molecule has 1 rings (SSSR count). The SMILES string of the molecule is O=CCC(Cl)Cc1ccc(Cl)cc1. The van der Waals surface area contributed by atoms with Gasteiger partial charge in [0.25, 0.3) is 0 Å². The van der Waals surface area contributed by atoms with E-state index in [1.165, 1.54) is 0 Å². The van der Waals surface area contributed by atoms with Crippen LogP contribution in [-0.2, 0) is 11.2 Å². The molecule has 0 aromatic heterocycles. The molecule has 70 valence electrons. The molecule has 0 aliphatic rings. The maximum atomic E-state index is 10.2. The Morgan fingerprint density at radius 1 is 1.31 bits per heavy atom. The summed E-state index contributed by atoms with van der Waals surface area (Å²) in [6, 6.07) is 7.48. The first kappa shape index (κ1) is 10.6. The van der Waals surface area contributed by atoms with Crippen molar-refractivity contribution in [3.05, 3.63) is 34.9 Å². The highest BCUT2D eigenvalue weighted by Gasteiger charge is 2.04. The van der Waals surface area contributed by atoms with E-state index in [-0.39, 0.29) is 5.38 Å². The summed E-state index contributed by atoms with van der Waals surface area (Å²) >= 11 is 11.6. The van der Waals surface area contributed by atoms with Crippen LogP contribution in [0.4, 0.5) is 0 Å². The zero-order chi connectivity index (χ0) is 9.68. The fourth-order valence-electron chi connectivity index (χ4n) is 1.06. The molecule has 0 N–H and O–H groups in total. The fourth-order valence-corrected chi connectivity index (χ4v) is 1.44. The second kappa shape index (κ2) is 5.25. The van der Waals surface area contributed by atoms with Crippen LogP contribution in [0.2, 0.25) is 5.02 Å². The van der Waals surface area contributed by atoms with Gasteiger partial charge in [0.2, 0.25) is 0 Å². The molecular formula is C10H10Cl2O. The van der Waals surface area contributed by atoms with Crippen molar-refractivity contribution in [3.63, 3.8) is 0 Å². The molecule has 3 heteroatoms. The number of benzene rings is 1. The van der Waals surface area contributed by atoms with E-state index >= 15 is 0 Å². The Hall–Kier alpha value is -0.530. The fraction of sp³-hybridized carbons (Fsp3) is 0.300. The predicted octanol–water partition coefficient (Wildman–Crippen LogP) is 3.08. The average Bonchev–Trinajstić information content (AvgIpc) is 2.09. The van der Waals surface area contributed by atoms with Gasteiger partial charge in [0, 0.05) is 16.8 Å². The monoisotopic (exact) mass is 216 g/mol. The standard InChI is InChI=1S/C10H10Cl2O/c11-9-3-1-8(2-4-9)7-10(12)5-6-13/h1-4,6,10H,5,7H2. The molecule has 0 saturated heterocycles. The van der Waals surface area contributed by atoms with Crippen molar-refractivity contribution in [2.45, 2.75) is 18.2 Å². The summed E-state index contributed by atoms with van der Waals surface area (Å²) in [6.45, 7) is 0. The number of carbonyl (C=O) groups excluding carboxylic acids is 1. The van der Waals surface area contributed by atoms with Gasteiger partial charge in [-0.15, -0.1) is 11.6 Å². The van der Waals surface area contributed by atoms with Crippen LogP contribution in [-0.4, -0.2) is 11.7 Å². The molecule has 0 saturated carbocycles. The van der Waals surface area contributed by atoms with Crippen LogP contribution in [0.5, 0.6) is 0 Å². The third kappa shape index (κ3) is 3.79. The molecule has 1 aromatic rings. The smallest absolute Gasteiger partial charge is 0.121 e. The van der Waals surface area contributed by atoms with Crippen molar-refractivity contribution in [2.75, 3.05) is 0 Å². The van der Waals surface area contributed by atoms with Crippen molar-refractivity contribution in [2.24, 2.45) is 0 Å². The number of carbonyl (C=O) groups is 1. The first-order valence-corrected chi connectivity index (χ1v) is 4.86. The first-order valence-electron chi connectivity index (χ1n) is 4.04. The number of alkyl halides is 1. The lowest BCUT2D eigenvalue weighted by Gasteiger charge is -2.04. The van der Waals surface area contributed by atoms with Gasteiger partial charge < -0.3 is 4.79 Å². The van der Waals surface area contributed by atoms with Crippen LogP contribution in [0.15, 0.2) is 24.3 Å². The molecule has 0 spiro atoms. The molecule has 0 fully saturated rings. The second-order valence-electron chi connectivity index (χ2n) is 2.83. The minimum atomic E-state index is -0.112. The van der Waals surface area contributed by atoms with Gasteiger partial charge in [-0.25, -0.2) is 0 Å².